The molecule has 5 heteroatoms. The van der Waals surface area contributed by atoms with E-state index in [1.165, 1.54) is 0 Å². The van der Waals surface area contributed by atoms with E-state index in [-0.39, 0.29) is 6.10 Å². The normalized spacial score (nSPS) is 21.1. The van der Waals surface area contributed by atoms with Crippen LogP contribution in [-0.4, -0.2) is 73.5 Å². The third kappa shape index (κ3) is 5.37. The Morgan fingerprint density at radius 1 is 1.26 bits per heavy atom. The van der Waals surface area contributed by atoms with Gasteiger partial charge in [0, 0.05) is 38.8 Å². The minimum Gasteiger partial charge on any atom is -0.493 e. The summed E-state index contributed by atoms with van der Waals surface area (Å²) in [6.45, 7) is 9.50. The van der Waals surface area contributed by atoms with Gasteiger partial charge in [-0.1, -0.05) is 19.1 Å². The van der Waals surface area contributed by atoms with E-state index < -0.39 is 0 Å². The van der Waals surface area contributed by atoms with Crippen LogP contribution in [0.1, 0.15) is 20.3 Å². The number of hydrogen-bond donors (Lipinski definition) is 1. The first-order chi connectivity index (χ1) is 11.1. The van der Waals surface area contributed by atoms with Crippen LogP contribution in [0.15, 0.2) is 24.3 Å². The van der Waals surface area contributed by atoms with E-state index in [1.54, 1.807) is 7.11 Å². The van der Waals surface area contributed by atoms with Crippen LogP contribution in [0.2, 0.25) is 0 Å². The molecule has 1 fully saturated rings. The second kappa shape index (κ2) is 9.11. The number of benzene rings is 1. The zero-order valence-electron chi connectivity index (χ0n) is 14.6. The fraction of sp³-hybridized carbons (Fsp3) is 0.667. The Hall–Kier alpha value is -1.30. The van der Waals surface area contributed by atoms with Crippen LogP contribution < -0.4 is 9.47 Å². The number of hydrogen-bond acceptors (Lipinski definition) is 5. The Labute approximate surface area is 139 Å². The van der Waals surface area contributed by atoms with Crippen molar-refractivity contribution in [1.82, 2.24) is 9.80 Å². The van der Waals surface area contributed by atoms with E-state index in [4.69, 9.17) is 9.47 Å². The highest BCUT2D eigenvalue weighted by Gasteiger charge is 2.26. The molecule has 0 amide bonds. The van der Waals surface area contributed by atoms with Gasteiger partial charge in [-0.3, -0.25) is 9.80 Å². The van der Waals surface area contributed by atoms with E-state index in [2.05, 4.69) is 16.7 Å². The topological polar surface area (TPSA) is 45.2 Å². The van der Waals surface area contributed by atoms with Gasteiger partial charge < -0.3 is 14.6 Å². The minimum absolute atomic E-state index is 0.260. The highest BCUT2D eigenvalue weighted by atomic mass is 16.5. The van der Waals surface area contributed by atoms with Crippen LogP contribution in [0.25, 0.3) is 0 Å². The van der Waals surface area contributed by atoms with E-state index in [0.717, 1.165) is 50.6 Å². The molecule has 1 aromatic rings. The molecular formula is C18H30N2O3. The molecule has 0 radical (unpaired) electrons. The predicted molar refractivity (Wildman–Crippen MR) is 92.3 cm³/mol. The van der Waals surface area contributed by atoms with Gasteiger partial charge in [0.15, 0.2) is 11.5 Å². The summed E-state index contributed by atoms with van der Waals surface area (Å²) in [6.07, 6.45) is 0.848. The van der Waals surface area contributed by atoms with E-state index in [9.17, 15) is 5.11 Å². The lowest BCUT2D eigenvalue weighted by Crippen LogP contribution is -2.55. The Balaban J connectivity index is 1.78. The molecular weight excluding hydrogens is 292 g/mol. The van der Waals surface area contributed by atoms with Crippen LogP contribution in [0.4, 0.5) is 0 Å². The molecule has 2 atom stereocenters. The number of rotatable bonds is 8. The van der Waals surface area contributed by atoms with Crippen molar-refractivity contribution >= 4 is 0 Å². The second-order valence-corrected chi connectivity index (χ2v) is 6.21. The van der Waals surface area contributed by atoms with Gasteiger partial charge in [0.2, 0.25) is 0 Å². The summed E-state index contributed by atoms with van der Waals surface area (Å²) < 4.78 is 11.2. The molecule has 1 aliphatic rings. The number of para-hydroxylation sites is 2. The highest BCUT2D eigenvalue weighted by Crippen LogP contribution is 2.25. The zero-order chi connectivity index (χ0) is 16.7. The summed E-state index contributed by atoms with van der Waals surface area (Å²) in [6, 6.07) is 8.27. The molecule has 1 aliphatic heterocycles. The number of β-amino-alcohol motifs (C(OH)–C–C–N with tert-alkyl or cyclic N) is 1. The lowest BCUT2D eigenvalue weighted by atomic mass is 10.1. The molecule has 1 saturated heterocycles. The molecule has 0 unspecified atom stereocenters. The molecule has 0 saturated carbocycles. The van der Waals surface area contributed by atoms with Crippen molar-refractivity contribution in [2.45, 2.75) is 32.4 Å². The average molecular weight is 322 g/mol. The minimum atomic E-state index is -0.260. The van der Waals surface area contributed by atoms with Crippen molar-refractivity contribution in [3.8, 4) is 11.5 Å². The largest absolute Gasteiger partial charge is 0.493 e. The molecule has 0 aliphatic carbocycles. The monoisotopic (exact) mass is 322 g/mol. The first kappa shape index (κ1) is 18.0. The van der Waals surface area contributed by atoms with Crippen LogP contribution >= 0.6 is 0 Å². The number of ether oxygens (including phenoxy) is 2. The lowest BCUT2D eigenvalue weighted by Gasteiger charge is -2.41. The number of nitrogens with zero attached hydrogens (tertiary/aromatic N) is 2. The standard InChI is InChI=1S/C18H30N2O3/c1-4-16-14-19(9-10-20(16)13-15(2)21)11-12-23-18-8-6-5-7-17(18)22-3/h5-8,15-16,21H,4,9-14H2,1-3H3/t15-,16+/m1/s1. The summed E-state index contributed by atoms with van der Waals surface area (Å²) in [7, 11) is 1.66. The Morgan fingerprint density at radius 3 is 2.65 bits per heavy atom. The van der Waals surface area contributed by atoms with Gasteiger partial charge in [0.05, 0.1) is 13.2 Å². The fourth-order valence-corrected chi connectivity index (χ4v) is 3.15. The van der Waals surface area contributed by atoms with Crippen molar-refractivity contribution < 1.29 is 14.6 Å². The third-order valence-electron chi connectivity index (χ3n) is 4.39. The number of piperazine rings is 1. The number of aliphatic hydroxyl groups excluding tert-OH is 1. The second-order valence-electron chi connectivity index (χ2n) is 6.21. The van der Waals surface area contributed by atoms with Gasteiger partial charge in [-0.25, -0.2) is 0 Å². The van der Waals surface area contributed by atoms with Gasteiger partial charge in [-0.2, -0.15) is 0 Å². The Morgan fingerprint density at radius 2 is 2.00 bits per heavy atom. The molecule has 0 spiro atoms. The average Bonchev–Trinajstić information content (AvgIpc) is 2.56. The van der Waals surface area contributed by atoms with Gasteiger partial charge in [-0.15, -0.1) is 0 Å². The smallest absolute Gasteiger partial charge is 0.161 e. The summed E-state index contributed by atoms with van der Waals surface area (Å²) >= 11 is 0. The Bertz CT molecular complexity index is 467. The zero-order valence-corrected chi connectivity index (χ0v) is 14.6. The van der Waals surface area contributed by atoms with Gasteiger partial charge in [0.25, 0.3) is 0 Å². The SMILES string of the molecule is CC[C@H]1CN(CCOc2ccccc2OC)CCN1C[C@@H](C)O. The molecule has 1 N–H and O–H groups in total. The Kier molecular flexibility index (Phi) is 7.15. The van der Waals surface area contributed by atoms with E-state index in [1.807, 2.05) is 31.2 Å². The summed E-state index contributed by atoms with van der Waals surface area (Å²) in [4.78, 5) is 4.85. The maximum absolute atomic E-state index is 9.61. The summed E-state index contributed by atoms with van der Waals surface area (Å²) in [5.74, 6) is 1.58. The first-order valence-electron chi connectivity index (χ1n) is 8.54. The van der Waals surface area contributed by atoms with E-state index >= 15 is 0 Å². The van der Waals surface area contributed by atoms with Crippen LogP contribution in [-0.2, 0) is 0 Å². The van der Waals surface area contributed by atoms with Crippen LogP contribution in [0.5, 0.6) is 11.5 Å². The summed E-state index contributed by atoms with van der Waals surface area (Å²) in [5, 5.41) is 9.61. The lowest BCUT2D eigenvalue weighted by molar-refractivity contribution is 0.0321. The first-order valence-corrected chi connectivity index (χ1v) is 8.54. The molecule has 0 bridgehead atoms. The van der Waals surface area contributed by atoms with Crippen molar-refractivity contribution in [1.29, 1.82) is 0 Å². The predicted octanol–water partition coefficient (Wildman–Crippen LogP) is 1.85. The number of aliphatic hydroxyl groups is 1. The van der Waals surface area contributed by atoms with Crippen molar-refractivity contribution in [3.63, 3.8) is 0 Å². The molecule has 23 heavy (non-hydrogen) atoms. The molecule has 5 nitrogen and oxygen atoms in total. The summed E-state index contributed by atoms with van der Waals surface area (Å²) in [5.41, 5.74) is 0. The quantitative estimate of drug-likeness (QED) is 0.791. The van der Waals surface area contributed by atoms with Gasteiger partial charge in [0.1, 0.15) is 6.61 Å². The fourth-order valence-electron chi connectivity index (χ4n) is 3.15. The molecule has 1 aromatic carbocycles. The highest BCUT2D eigenvalue weighted by molar-refractivity contribution is 5.39. The van der Waals surface area contributed by atoms with Gasteiger partial charge >= 0.3 is 0 Å². The van der Waals surface area contributed by atoms with Crippen LogP contribution in [0.3, 0.4) is 0 Å². The third-order valence-corrected chi connectivity index (χ3v) is 4.39. The number of methoxy groups -OCH3 is 1. The van der Waals surface area contributed by atoms with Crippen molar-refractivity contribution in [2.75, 3.05) is 46.4 Å². The maximum atomic E-state index is 9.61. The van der Waals surface area contributed by atoms with Gasteiger partial charge in [-0.05, 0) is 25.5 Å². The van der Waals surface area contributed by atoms with E-state index in [0.29, 0.717) is 12.6 Å². The molecule has 2 rings (SSSR count). The molecule has 0 aromatic heterocycles. The maximum Gasteiger partial charge on any atom is 0.161 e. The van der Waals surface area contributed by atoms with Crippen LogP contribution in [0, 0.1) is 0 Å². The molecule has 1 heterocycles. The van der Waals surface area contributed by atoms with Crippen molar-refractivity contribution in [3.05, 3.63) is 24.3 Å². The molecule has 130 valence electrons. The van der Waals surface area contributed by atoms with Crippen molar-refractivity contribution in [2.24, 2.45) is 0 Å².